The van der Waals surface area contributed by atoms with Crippen molar-refractivity contribution in [1.29, 1.82) is 0 Å². The fourth-order valence-electron chi connectivity index (χ4n) is 1.94. The van der Waals surface area contributed by atoms with E-state index in [1.54, 1.807) is 11.8 Å². The molecule has 9 nitrogen and oxygen atoms in total. The molecule has 1 rings (SSSR count). The van der Waals surface area contributed by atoms with E-state index in [1.165, 1.54) is 12.5 Å². The molecule has 0 aliphatic carbocycles. The number of carbonyl (C=O) groups is 3. The molecule has 2 amide bonds. The number of nitrogens with two attached hydrogens (primary N) is 1. The van der Waals surface area contributed by atoms with Gasteiger partial charge in [-0.05, 0) is 18.4 Å². The Labute approximate surface area is 155 Å². The quantitative estimate of drug-likeness (QED) is 0.266. The van der Waals surface area contributed by atoms with Crippen LogP contribution in [0.5, 0.6) is 0 Å². The number of carbonyl (C=O) groups excluding carboxylic acids is 2. The van der Waals surface area contributed by atoms with Crippen molar-refractivity contribution >= 4 is 42.2 Å². The number of aromatic amines is 1. The number of thiol groups is 1. The third kappa shape index (κ3) is 7.36. The minimum Gasteiger partial charge on any atom is -0.480 e. The molecule has 6 N–H and O–H groups in total. The van der Waals surface area contributed by atoms with E-state index in [9.17, 15) is 19.5 Å². The van der Waals surface area contributed by atoms with E-state index < -0.39 is 35.9 Å². The van der Waals surface area contributed by atoms with Crippen LogP contribution in [0.2, 0.25) is 0 Å². The molecule has 0 spiro atoms. The normalized spacial score (nSPS) is 14.4. The van der Waals surface area contributed by atoms with Crippen LogP contribution in [0.3, 0.4) is 0 Å². The van der Waals surface area contributed by atoms with Gasteiger partial charge in [0.25, 0.3) is 0 Å². The second kappa shape index (κ2) is 11.0. The maximum absolute atomic E-state index is 12.3. The molecule has 1 aromatic heterocycles. The number of nitrogens with one attached hydrogen (secondary N) is 3. The van der Waals surface area contributed by atoms with Gasteiger partial charge in [0.05, 0.1) is 12.4 Å². The summed E-state index contributed by atoms with van der Waals surface area (Å²) in [6, 6.07) is -2.86. The summed E-state index contributed by atoms with van der Waals surface area (Å²) in [5.74, 6) is -1.55. The lowest BCUT2D eigenvalue weighted by atomic mass is 10.1. The van der Waals surface area contributed by atoms with E-state index in [4.69, 9.17) is 5.73 Å². The Balaban J connectivity index is 2.63. The van der Waals surface area contributed by atoms with Crippen LogP contribution in [0.1, 0.15) is 12.1 Å². The highest BCUT2D eigenvalue weighted by molar-refractivity contribution is 7.98. The molecule has 0 unspecified atom stereocenters. The number of aliphatic carboxylic acids is 1. The number of hydrogen-bond donors (Lipinski definition) is 6. The smallest absolute Gasteiger partial charge is 0.326 e. The van der Waals surface area contributed by atoms with Gasteiger partial charge in [-0.2, -0.15) is 24.4 Å². The van der Waals surface area contributed by atoms with E-state index in [0.29, 0.717) is 12.1 Å². The maximum atomic E-state index is 12.3. The summed E-state index contributed by atoms with van der Waals surface area (Å²) >= 11 is 5.61. The summed E-state index contributed by atoms with van der Waals surface area (Å²) in [5, 5.41) is 14.2. The van der Waals surface area contributed by atoms with Crippen molar-refractivity contribution in [2.45, 2.75) is 31.0 Å². The summed E-state index contributed by atoms with van der Waals surface area (Å²) < 4.78 is 0. The number of H-pyrrole nitrogens is 1. The van der Waals surface area contributed by atoms with Crippen LogP contribution in [0.4, 0.5) is 0 Å². The number of hydrogen-bond acceptors (Lipinski definition) is 7. The summed E-state index contributed by atoms with van der Waals surface area (Å²) in [4.78, 5) is 42.2. The number of thioether (sulfide) groups is 1. The molecule has 25 heavy (non-hydrogen) atoms. The van der Waals surface area contributed by atoms with Crippen LogP contribution in [-0.2, 0) is 20.8 Å². The Morgan fingerprint density at radius 1 is 1.36 bits per heavy atom. The van der Waals surface area contributed by atoms with Crippen molar-refractivity contribution in [1.82, 2.24) is 20.6 Å². The minimum absolute atomic E-state index is 0.0171. The van der Waals surface area contributed by atoms with Crippen LogP contribution in [-0.4, -0.2) is 68.7 Å². The first-order valence-electron chi connectivity index (χ1n) is 7.55. The van der Waals surface area contributed by atoms with E-state index in [2.05, 4.69) is 33.2 Å². The average molecular weight is 390 g/mol. The largest absolute Gasteiger partial charge is 0.480 e. The maximum Gasteiger partial charge on any atom is 0.326 e. The SMILES string of the molecule is CSCC[C@H](N)C(=O)N[C@@H](CS)C(=O)N[C@@H](Cc1cnc[nH]1)C(=O)O. The average Bonchev–Trinajstić information content (AvgIpc) is 3.09. The number of carboxylic acids is 1. The molecule has 0 fully saturated rings. The van der Waals surface area contributed by atoms with Crippen molar-refractivity contribution in [3.05, 3.63) is 18.2 Å². The topological polar surface area (TPSA) is 150 Å². The molecule has 1 heterocycles. The molecule has 0 saturated heterocycles. The number of carboxylic acid groups (broad SMARTS) is 1. The monoisotopic (exact) mass is 389 g/mol. The number of amides is 2. The highest BCUT2D eigenvalue weighted by Gasteiger charge is 2.27. The molecule has 0 aliphatic rings. The Bertz CT molecular complexity index is 570. The summed E-state index contributed by atoms with van der Waals surface area (Å²) in [6.07, 6.45) is 5.32. The van der Waals surface area contributed by atoms with Crippen LogP contribution in [0, 0.1) is 0 Å². The lowest BCUT2D eigenvalue weighted by Crippen LogP contribution is -2.55. The Morgan fingerprint density at radius 2 is 2.04 bits per heavy atom. The lowest BCUT2D eigenvalue weighted by molar-refractivity contribution is -0.142. The summed E-state index contributed by atoms with van der Waals surface area (Å²) in [6.45, 7) is 0. The highest BCUT2D eigenvalue weighted by Crippen LogP contribution is 2.02. The predicted octanol–water partition coefficient (Wildman–Crippen LogP) is -0.983. The highest BCUT2D eigenvalue weighted by atomic mass is 32.2. The molecular weight excluding hydrogens is 366 g/mol. The molecule has 1 aromatic rings. The zero-order chi connectivity index (χ0) is 18.8. The summed E-state index contributed by atoms with van der Waals surface area (Å²) in [5.41, 5.74) is 6.33. The first-order valence-corrected chi connectivity index (χ1v) is 9.57. The Kier molecular flexibility index (Phi) is 9.39. The van der Waals surface area contributed by atoms with Crippen LogP contribution < -0.4 is 16.4 Å². The van der Waals surface area contributed by atoms with Crippen molar-refractivity contribution in [3.8, 4) is 0 Å². The van der Waals surface area contributed by atoms with Gasteiger partial charge in [0.15, 0.2) is 0 Å². The first kappa shape index (κ1) is 21.3. The number of rotatable bonds is 11. The molecule has 11 heteroatoms. The third-order valence-corrected chi connectivity index (χ3v) is 4.39. The second-order valence-electron chi connectivity index (χ2n) is 5.31. The molecule has 0 saturated carbocycles. The molecule has 0 bridgehead atoms. The molecule has 0 aliphatic heterocycles. The van der Waals surface area contributed by atoms with Gasteiger partial charge in [-0.15, -0.1) is 0 Å². The van der Waals surface area contributed by atoms with Gasteiger partial charge < -0.3 is 26.5 Å². The predicted molar refractivity (Wildman–Crippen MR) is 98.6 cm³/mol. The van der Waals surface area contributed by atoms with E-state index in [0.717, 1.165) is 5.75 Å². The zero-order valence-corrected chi connectivity index (χ0v) is 15.5. The number of nitrogens with zero attached hydrogens (tertiary/aromatic N) is 1. The van der Waals surface area contributed by atoms with Crippen molar-refractivity contribution in [3.63, 3.8) is 0 Å². The van der Waals surface area contributed by atoms with Crippen LogP contribution >= 0.6 is 24.4 Å². The molecular formula is C14H23N5O4S2. The van der Waals surface area contributed by atoms with Gasteiger partial charge in [0, 0.05) is 24.1 Å². The van der Waals surface area contributed by atoms with Crippen molar-refractivity contribution < 1.29 is 19.5 Å². The van der Waals surface area contributed by atoms with E-state index in [1.807, 2.05) is 6.26 Å². The van der Waals surface area contributed by atoms with Gasteiger partial charge in [0.1, 0.15) is 12.1 Å². The Hall–Kier alpha value is -1.72. The fourth-order valence-corrected chi connectivity index (χ4v) is 2.68. The summed E-state index contributed by atoms with van der Waals surface area (Å²) in [7, 11) is 0. The van der Waals surface area contributed by atoms with E-state index in [-0.39, 0.29) is 12.2 Å². The molecule has 0 radical (unpaired) electrons. The Morgan fingerprint density at radius 3 is 2.56 bits per heavy atom. The van der Waals surface area contributed by atoms with Gasteiger partial charge in [-0.1, -0.05) is 0 Å². The second-order valence-corrected chi connectivity index (χ2v) is 6.66. The lowest BCUT2D eigenvalue weighted by Gasteiger charge is -2.21. The van der Waals surface area contributed by atoms with Crippen LogP contribution in [0.25, 0.3) is 0 Å². The van der Waals surface area contributed by atoms with Crippen molar-refractivity contribution in [2.75, 3.05) is 17.8 Å². The van der Waals surface area contributed by atoms with Gasteiger partial charge >= 0.3 is 5.97 Å². The first-order chi connectivity index (χ1) is 11.9. The zero-order valence-electron chi connectivity index (χ0n) is 13.8. The fraction of sp³-hybridized carbons (Fsp3) is 0.571. The minimum atomic E-state index is -1.19. The van der Waals surface area contributed by atoms with E-state index >= 15 is 0 Å². The van der Waals surface area contributed by atoms with Gasteiger partial charge in [-0.3, -0.25) is 9.59 Å². The third-order valence-electron chi connectivity index (χ3n) is 3.38. The van der Waals surface area contributed by atoms with Crippen molar-refractivity contribution in [2.24, 2.45) is 5.73 Å². The van der Waals surface area contributed by atoms with Gasteiger partial charge in [0.2, 0.25) is 11.8 Å². The number of aromatic nitrogens is 2. The van der Waals surface area contributed by atoms with Gasteiger partial charge in [-0.25, -0.2) is 9.78 Å². The molecule has 3 atom stereocenters. The molecule has 0 aromatic carbocycles. The standard InChI is InChI=1S/C14H23N5O4S2/c1-25-3-2-9(15)12(20)19-11(6-24)13(21)18-10(14(22)23)4-8-5-16-7-17-8/h5,7,9-11,24H,2-4,6,15H2,1H3,(H,16,17)(H,18,21)(H,19,20)(H,22,23)/t9-,10-,11-/m0/s1. The number of imidazole rings is 1. The molecule has 140 valence electrons. The van der Waals surface area contributed by atoms with Crippen LogP contribution in [0.15, 0.2) is 12.5 Å².